The Bertz CT molecular complexity index is 465. The first-order valence-corrected chi connectivity index (χ1v) is 4.89. The second kappa shape index (κ2) is 4.88. The molecule has 1 unspecified atom stereocenters. The number of allylic oxidation sites excluding steroid dienone is 2. The molecule has 90 valence electrons. The quantitative estimate of drug-likeness (QED) is 0.630. The first-order chi connectivity index (χ1) is 7.70. The van der Waals surface area contributed by atoms with Crippen molar-refractivity contribution in [2.75, 3.05) is 0 Å². The summed E-state index contributed by atoms with van der Waals surface area (Å²) in [5, 5.41) is 18.2. The van der Waals surface area contributed by atoms with Crippen molar-refractivity contribution < 1.29 is 28.2 Å². The molecule has 0 aliphatic heterocycles. The van der Waals surface area contributed by atoms with E-state index in [0.717, 1.165) is 19.0 Å². The summed E-state index contributed by atoms with van der Waals surface area (Å²) in [4.78, 5) is 10.7. The van der Waals surface area contributed by atoms with Crippen molar-refractivity contribution >= 4 is 27.2 Å². The summed E-state index contributed by atoms with van der Waals surface area (Å²) in [7, 11) is 1.59. The predicted molar refractivity (Wildman–Crippen MR) is 59.9 cm³/mol. The molecule has 0 spiro atoms. The molecule has 0 aliphatic rings. The van der Waals surface area contributed by atoms with Crippen LogP contribution in [0.1, 0.15) is 5.56 Å². The number of rotatable bonds is 2. The van der Waals surface area contributed by atoms with E-state index < -0.39 is 34.1 Å². The molecule has 1 heterocycles. The minimum atomic E-state index is -4.76. The van der Waals surface area contributed by atoms with Crippen LogP contribution in [0.4, 0.5) is 13.2 Å². The molecule has 8 heteroatoms. The number of alkyl halides is 3. The van der Waals surface area contributed by atoms with Crippen LogP contribution in [0.25, 0.3) is 5.57 Å². The molecular weight excluding hydrogens is 255 g/mol. The molecule has 0 aliphatic carbocycles. The molecule has 0 bridgehead atoms. The molecule has 1 aromatic heterocycles. The first kappa shape index (κ1) is 13.7. The zero-order valence-electron chi connectivity index (χ0n) is 8.32. The van der Waals surface area contributed by atoms with E-state index in [2.05, 4.69) is 0 Å². The third-order valence-electron chi connectivity index (χ3n) is 1.81. The zero-order chi connectivity index (χ0) is 13.2. The Kier molecular flexibility index (Phi) is 3.93. The molecule has 1 rings (SSSR count). The second-order valence-corrected chi connectivity index (χ2v) is 3.77. The zero-order valence-corrected chi connectivity index (χ0v) is 9.48. The summed E-state index contributed by atoms with van der Waals surface area (Å²) in [6, 6.07) is 1.62. The topological polar surface area (TPSA) is 57.5 Å². The van der Waals surface area contributed by atoms with Gasteiger partial charge < -0.3 is 0 Å². The van der Waals surface area contributed by atoms with E-state index in [1.54, 1.807) is 9.24 Å². The van der Waals surface area contributed by atoms with Crippen LogP contribution in [0.2, 0.25) is 0 Å². The summed E-state index contributed by atoms with van der Waals surface area (Å²) >= 11 is 0. The third-order valence-corrected chi connectivity index (χ3v) is 1.97. The van der Waals surface area contributed by atoms with E-state index in [0.29, 0.717) is 6.08 Å². The third kappa shape index (κ3) is 3.86. The van der Waals surface area contributed by atoms with Crippen molar-refractivity contribution in [2.45, 2.75) is 6.18 Å². The Morgan fingerprint density at radius 3 is 2.12 bits per heavy atom. The van der Waals surface area contributed by atoms with Crippen LogP contribution in [0, 0.1) is 0 Å². The molecular formula is C9H7BF3O3P. The molecule has 0 amide bonds. The van der Waals surface area contributed by atoms with E-state index in [1.165, 1.54) is 0 Å². The Labute approximate surface area is 97.4 Å². The minimum absolute atomic E-state index is 0.374. The van der Waals surface area contributed by atoms with Crippen molar-refractivity contribution in [3.63, 3.8) is 0 Å². The normalized spacial score (nSPS) is 12.4. The van der Waals surface area contributed by atoms with E-state index in [1.807, 2.05) is 0 Å². The van der Waals surface area contributed by atoms with E-state index in [9.17, 15) is 18.0 Å². The van der Waals surface area contributed by atoms with Gasteiger partial charge in [-0.15, -0.1) is 0 Å². The van der Waals surface area contributed by atoms with Gasteiger partial charge in [-0.05, 0) is 0 Å². The summed E-state index contributed by atoms with van der Waals surface area (Å²) in [5.74, 6) is 0. The molecule has 2 N–H and O–H groups in total. The number of hydrogen-bond acceptors (Lipinski definition) is 3. The number of halogens is 3. The van der Waals surface area contributed by atoms with Gasteiger partial charge in [0.2, 0.25) is 0 Å². The number of aromatic hydroxyl groups is 2. The van der Waals surface area contributed by atoms with Crippen LogP contribution in [-0.2, 0) is 4.79 Å². The van der Waals surface area contributed by atoms with Crippen molar-refractivity contribution in [3.8, 4) is 11.3 Å². The molecule has 17 heavy (non-hydrogen) atoms. The summed E-state index contributed by atoms with van der Waals surface area (Å²) < 4.78 is 37.9. The van der Waals surface area contributed by atoms with Crippen LogP contribution in [0.15, 0.2) is 18.2 Å². The van der Waals surface area contributed by atoms with Gasteiger partial charge in [-0.3, -0.25) is 0 Å². The molecule has 0 aromatic carbocycles. The maximum atomic E-state index is 12.6. The van der Waals surface area contributed by atoms with Gasteiger partial charge in [0, 0.05) is 0 Å². The molecule has 0 radical (unpaired) electrons. The average Bonchev–Trinajstić information content (AvgIpc) is 2.10. The number of carbonyl (C=O) groups excluding carboxylic acids is 1. The fourth-order valence-corrected chi connectivity index (χ4v) is 1.39. The van der Waals surface area contributed by atoms with Crippen molar-refractivity contribution in [3.05, 3.63) is 23.8 Å². The van der Waals surface area contributed by atoms with Crippen LogP contribution in [0.5, 0.6) is 11.3 Å². The number of hydrogen-bond donors (Lipinski definition) is 2. The molecule has 0 saturated heterocycles. The van der Waals surface area contributed by atoms with E-state index in [-0.39, 0.29) is 0 Å². The molecule has 3 nitrogen and oxygen atoms in total. The van der Waals surface area contributed by atoms with Crippen LogP contribution >= 0.6 is 9.24 Å². The molecule has 0 saturated carbocycles. The fraction of sp³-hybridized carbons (Fsp3) is 0.111. The van der Waals surface area contributed by atoms with Gasteiger partial charge >= 0.3 is 96.7 Å². The van der Waals surface area contributed by atoms with Crippen molar-refractivity contribution in [1.82, 2.24) is 0 Å². The van der Waals surface area contributed by atoms with Crippen LogP contribution in [-0.4, -0.2) is 28.8 Å². The SMILES string of the molecule is O=C(P)/C=C(/c1cc(O)bc(O)c1)C(F)(F)F. The van der Waals surface area contributed by atoms with Gasteiger partial charge in [0.1, 0.15) is 0 Å². The van der Waals surface area contributed by atoms with Gasteiger partial charge in [-0.1, -0.05) is 0 Å². The Morgan fingerprint density at radius 2 is 1.76 bits per heavy atom. The van der Waals surface area contributed by atoms with Gasteiger partial charge in [0.05, 0.1) is 0 Å². The standard InChI is InChI=1S/C9H7BF3O3P/c11-9(12,13)5(3-8(16)17)4-1-6(14)10-7(15)2-4/h1-3,14-15H,17H2/b5-3-. The second-order valence-electron chi connectivity index (χ2n) is 3.20. The Balaban J connectivity index is 3.38. The molecule has 0 fully saturated rings. The van der Waals surface area contributed by atoms with Crippen molar-refractivity contribution in [1.29, 1.82) is 0 Å². The fourth-order valence-electron chi connectivity index (χ4n) is 1.22. The summed E-state index contributed by atoms with van der Waals surface area (Å²) in [6.45, 7) is 0.889. The van der Waals surface area contributed by atoms with E-state index >= 15 is 0 Å². The van der Waals surface area contributed by atoms with E-state index in [4.69, 9.17) is 10.2 Å². The average molecular weight is 262 g/mol. The van der Waals surface area contributed by atoms with Gasteiger partial charge in [-0.25, -0.2) is 0 Å². The van der Waals surface area contributed by atoms with Gasteiger partial charge in [-0.2, -0.15) is 0 Å². The first-order valence-electron chi connectivity index (χ1n) is 4.32. The van der Waals surface area contributed by atoms with Crippen LogP contribution < -0.4 is 0 Å². The van der Waals surface area contributed by atoms with Gasteiger partial charge in [0.25, 0.3) is 0 Å². The predicted octanol–water partition coefficient (Wildman–Crippen LogP) is 1.78. The molecule has 1 aromatic rings. The summed E-state index contributed by atoms with van der Waals surface area (Å²) in [6.07, 6.45) is -4.38. The van der Waals surface area contributed by atoms with Crippen molar-refractivity contribution in [2.24, 2.45) is 0 Å². The summed E-state index contributed by atoms with van der Waals surface area (Å²) in [5.41, 5.74) is -3.62. The Hall–Kier alpha value is -1.36. The molecule has 1 atom stereocenters. The number of carbonyl (C=O) groups is 1. The Morgan fingerprint density at radius 1 is 1.29 bits per heavy atom. The van der Waals surface area contributed by atoms with Crippen LogP contribution in [0.3, 0.4) is 0 Å². The van der Waals surface area contributed by atoms with Gasteiger partial charge in [0.15, 0.2) is 0 Å². The monoisotopic (exact) mass is 262 g/mol. The maximum absolute atomic E-state index is 12.6.